The Labute approximate surface area is 124 Å². The molecule has 1 atom stereocenters. The van der Waals surface area contributed by atoms with Crippen molar-refractivity contribution in [3.8, 4) is 5.75 Å². The van der Waals surface area contributed by atoms with E-state index in [0.29, 0.717) is 12.4 Å². The molecular formula is C15H22N2O4. The quantitative estimate of drug-likeness (QED) is 0.642. The summed E-state index contributed by atoms with van der Waals surface area (Å²) in [5.41, 5.74) is 0.00537. The van der Waals surface area contributed by atoms with Gasteiger partial charge in [0.15, 0.2) is 5.75 Å². The molecule has 116 valence electrons. The third-order valence-electron chi connectivity index (χ3n) is 3.71. The molecule has 1 unspecified atom stereocenters. The van der Waals surface area contributed by atoms with Gasteiger partial charge in [-0.15, -0.1) is 0 Å². The molecule has 0 spiro atoms. The van der Waals surface area contributed by atoms with Gasteiger partial charge in [-0.3, -0.25) is 10.1 Å². The zero-order valence-corrected chi connectivity index (χ0v) is 12.3. The fraction of sp³-hybridized carbons (Fsp3) is 0.600. The number of rotatable bonds is 6. The maximum absolute atomic E-state index is 10.9. The fourth-order valence-electron chi connectivity index (χ4n) is 2.56. The van der Waals surface area contributed by atoms with Crippen molar-refractivity contribution in [3.05, 3.63) is 34.4 Å². The Balaban J connectivity index is 1.81. The summed E-state index contributed by atoms with van der Waals surface area (Å²) in [7, 11) is 0. The minimum Gasteiger partial charge on any atom is -0.486 e. The number of ether oxygens (including phenoxy) is 1. The average molecular weight is 294 g/mol. The van der Waals surface area contributed by atoms with Crippen molar-refractivity contribution in [1.82, 2.24) is 4.90 Å². The molecule has 2 rings (SSSR count). The van der Waals surface area contributed by atoms with E-state index < -0.39 is 4.92 Å². The predicted octanol–water partition coefficient (Wildman–Crippen LogP) is 2.07. The van der Waals surface area contributed by atoms with E-state index in [1.165, 1.54) is 6.07 Å². The highest BCUT2D eigenvalue weighted by atomic mass is 16.6. The Morgan fingerprint density at radius 2 is 2.10 bits per heavy atom. The van der Waals surface area contributed by atoms with Gasteiger partial charge >= 0.3 is 5.69 Å². The van der Waals surface area contributed by atoms with E-state index in [2.05, 4.69) is 11.8 Å². The molecule has 1 aromatic carbocycles. The molecule has 1 fully saturated rings. The number of nitro benzene ring substituents is 1. The van der Waals surface area contributed by atoms with Gasteiger partial charge in [0.1, 0.15) is 0 Å². The molecule has 0 aliphatic carbocycles. The molecule has 6 nitrogen and oxygen atoms in total. The van der Waals surface area contributed by atoms with Gasteiger partial charge in [-0.05, 0) is 18.9 Å². The lowest BCUT2D eigenvalue weighted by Crippen LogP contribution is -2.39. The van der Waals surface area contributed by atoms with Gasteiger partial charge in [-0.25, -0.2) is 0 Å². The Morgan fingerprint density at radius 1 is 1.43 bits per heavy atom. The first-order valence-electron chi connectivity index (χ1n) is 7.33. The first-order chi connectivity index (χ1) is 10.1. The minimum absolute atomic E-state index is 0.00537. The Kier molecular flexibility index (Phi) is 5.52. The molecule has 1 saturated heterocycles. The van der Waals surface area contributed by atoms with E-state index in [4.69, 9.17) is 4.74 Å². The summed E-state index contributed by atoms with van der Waals surface area (Å²) < 4.78 is 5.61. The van der Waals surface area contributed by atoms with Crippen LogP contribution in [-0.2, 0) is 0 Å². The Bertz CT molecular complexity index is 472. The first kappa shape index (κ1) is 15.7. The molecule has 0 bridgehead atoms. The summed E-state index contributed by atoms with van der Waals surface area (Å²) in [6, 6.07) is 6.45. The van der Waals surface area contributed by atoms with Crippen LogP contribution in [0.25, 0.3) is 0 Å². The predicted molar refractivity (Wildman–Crippen MR) is 79.4 cm³/mol. The summed E-state index contributed by atoms with van der Waals surface area (Å²) in [6.45, 7) is 5.20. The number of aliphatic hydroxyl groups excluding tert-OH is 1. The average Bonchev–Trinajstić information content (AvgIpc) is 2.48. The summed E-state index contributed by atoms with van der Waals surface area (Å²) in [6.07, 6.45) is 1.47. The first-order valence-corrected chi connectivity index (χ1v) is 7.33. The number of aliphatic hydroxyl groups is 1. The van der Waals surface area contributed by atoms with Gasteiger partial charge in [-0.2, -0.15) is 0 Å². The molecule has 1 N–H and O–H groups in total. The van der Waals surface area contributed by atoms with Crippen molar-refractivity contribution in [2.75, 3.05) is 26.2 Å². The molecule has 1 aliphatic rings. The molecule has 0 amide bonds. The highest BCUT2D eigenvalue weighted by molar-refractivity contribution is 5.45. The highest BCUT2D eigenvalue weighted by Crippen LogP contribution is 2.26. The van der Waals surface area contributed by atoms with Gasteiger partial charge < -0.3 is 14.7 Å². The van der Waals surface area contributed by atoms with Crippen molar-refractivity contribution in [2.45, 2.75) is 25.9 Å². The number of hydrogen-bond donors (Lipinski definition) is 1. The topological polar surface area (TPSA) is 75.8 Å². The van der Waals surface area contributed by atoms with Crippen LogP contribution in [0, 0.1) is 16.0 Å². The molecule has 1 aromatic rings. The number of para-hydroxylation sites is 2. The van der Waals surface area contributed by atoms with E-state index in [1.807, 2.05) is 0 Å². The number of likely N-dealkylation sites (tertiary alicyclic amines) is 1. The van der Waals surface area contributed by atoms with Crippen LogP contribution in [0.4, 0.5) is 5.69 Å². The molecule has 1 aliphatic heterocycles. The maximum atomic E-state index is 10.9. The third kappa shape index (κ3) is 4.68. The van der Waals surface area contributed by atoms with E-state index in [-0.39, 0.29) is 17.7 Å². The minimum atomic E-state index is -0.425. The molecule has 0 saturated carbocycles. The zero-order chi connectivity index (χ0) is 15.2. The van der Waals surface area contributed by atoms with Crippen LogP contribution in [0.5, 0.6) is 5.75 Å². The van der Waals surface area contributed by atoms with Crippen LogP contribution in [0.3, 0.4) is 0 Å². The van der Waals surface area contributed by atoms with Crippen molar-refractivity contribution in [1.29, 1.82) is 0 Å². The zero-order valence-electron chi connectivity index (χ0n) is 12.3. The molecule has 0 aromatic heterocycles. The van der Waals surface area contributed by atoms with Gasteiger partial charge in [0.2, 0.25) is 0 Å². The SMILES string of the molecule is CC(COc1ccccc1[N+](=O)[O-])CN1CCC(O)CC1. The number of nitrogens with zero attached hydrogens (tertiary/aromatic N) is 2. The van der Waals surface area contributed by atoms with Crippen LogP contribution < -0.4 is 4.74 Å². The maximum Gasteiger partial charge on any atom is 0.310 e. The monoisotopic (exact) mass is 294 g/mol. The second kappa shape index (κ2) is 7.38. The van der Waals surface area contributed by atoms with Crippen LogP contribution >= 0.6 is 0 Å². The van der Waals surface area contributed by atoms with Gasteiger partial charge in [-0.1, -0.05) is 19.1 Å². The molecule has 6 heteroatoms. The Morgan fingerprint density at radius 3 is 2.76 bits per heavy atom. The fourth-order valence-corrected chi connectivity index (χ4v) is 2.56. The Hall–Kier alpha value is -1.66. The number of nitro groups is 1. The normalized spacial score (nSPS) is 18.4. The summed E-state index contributed by atoms with van der Waals surface area (Å²) in [5.74, 6) is 0.600. The van der Waals surface area contributed by atoms with Crippen molar-refractivity contribution < 1.29 is 14.8 Å². The lowest BCUT2D eigenvalue weighted by molar-refractivity contribution is -0.385. The highest BCUT2D eigenvalue weighted by Gasteiger charge is 2.20. The molecule has 1 heterocycles. The lowest BCUT2D eigenvalue weighted by Gasteiger charge is -2.31. The summed E-state index contributed by atoms with van der Waals surface area (Å²) in [4.78, 5) is 12.8. The van der Waals surface area contributed by atoms with E-state index >= 15 is 0 Å². The number of piperidine rings is 1. The number of benzene rings is 1. The standard InChI is InChI=1S/C15H22N2O4/c1-12(10-16-8-6-13(18)7-9-16)11-21-15-5-3-2-4-14(15)17(19)20/h2-5,12-13,18H,6-11H2,1H3. The van der Waals surface area contributed by atoms with Crippen LogP contribution in [0.2, 0.25) is 0 Å². The van der Waals surface area contributed by atoms with Crippen molar-refractivity contribution in [3.63, 3.8) is 0 Å². The van der Waals surface area contributed by atoms with Crippen LogP contribution in [-0.4, -0.2) is 47.3 Å². The second-order valence-corrected chi connectivity index (χ2v) is 5.67. The van der Waals surface area contributed by atoms with Gasteiger partial charge in [0.25, 0.3) is 0 Å². The van der Waals surface area contributed by atoms with Gasteiger partial charge in [0, 0.05) is 31.6 Å². The smallest absolute Gasteiger partial charge is 0.310 e. The molecule has 0 radical (unpaired) electrons. The van der Waals surface area contributed by atoms with Crippen LogP contribution in [0.15, 0.2) is 24.3 Å². The summed E-state index contributed by atoms with van der Waals surface area (Å²) in [5, 5.41) is 20.4. The van der Waals surface area contributed by atoms with Crippen molar-refractivity contribution >= 4 is 5.69 Å². The second-order valence-electron chi connectivity index (χ2n) is 5.67. The van der Waals surface area contributed by atoms with E-state index in [9.17, 15) is 15.2 Å². The van der Waals surface area contributed by atoms with Crippen LogP contribution in [0.1, 0.15) is 19.8 Å². The largest absolute Gasteiger partial charge is 0.486 e. The molecular weight excluding hydrogens is 272 g/mol. The lowest BCUT2D eigenvalue weighted by atomic mass is 10.1. The summed E-state index contributed by atoms with van der Waals surface area (Å²) >= 11 is 0. The number of hydrogen-bond acceptors (Lipinski definition) is 5. The van der Waals surface area contributed by atoms with Crippen molar-refractivity contribution in [2.24, 2.45) is 5.92 Å². The molecule has 21 heavy (non-hydrogen) atoms. The van der Waals surface area contributed by atoms with E-state index in [0.717, 1.165) is 32.5 Å². The van der Waals surface area contributed by atoms with Gasteiger partial charge in [0.05, 0.1) is 17.6 Å². The third-order valence-corrected chi connectivity index (χ3v) is 3.71. The van der Waals surface area contributed by atoms with E-state index in [1.54, 1.807) is 18.2 Å².